The summed E-state index contributed by atoms with van der Waals surface area (Å²) >= 11 is 6.02. The molecule has 0 saturated carbocycles. The fourth-order valence-electron chi connectivity index (χ4n) is 2.60. The number of carbonyl (C=O) groups excluding carboxylic acids is 1. The van der Waals surface area contributed by atoms with Crippen molar-refractivity contribution in [2.24, 2.45) is 10.4 Å². The second-order valence-electron chi connectivity index (χ2n) is 7.32. The molecule has 5 nitrogen and oxygen atoms in total. The van der Waals surface area contributed by atoms with Gasteiger partial charge in [0.1, 0.15) is 11.9 Å². The summed E-state index contributed by atoms with van der Waals surface area (Å²) in [5.74, 6) is 0.0367. The van der Waals surface area contributed by atoms with Gasteiger partial charge in [-0.2, -0.15) is 4.99 Å². The van der Waals surface area contributed by atoms with E-state index in [0.717, 1.165) is 25.9 Å². The van der Waals surface area contributed by atoms with Crippen LogP contribution in [0.15, 0.2) is 23.2 Å². The van der Waals surface area contributed by atoms with E-state index in [0.29, 0.717) is 22.4 Å². The van der Waals surface area contributed by atoms with Gasteiger partial charge in [0.15, 0.2) is 0 Å². The molecule has 1 aliphatic rings. The molecule has 1 fully saturated rings. The van der Waals surface area contributed by atoms with E-state index in [9.17, 15) is 4.79 Å². The topological polar surface area (TPSA) is 51.1 Å². The number of hydrogen-bond acceptors (Lipinski definition) is 3. The van der Waals surface area contributed by atoms with Crippen LogP contribution in [0.3, 0.4) is 0 Å². The molecule has 1 aliphatic heterocycles. The van der Waals surface area contributed by atoms with Crippen molar-refractivity contribution in [1.29, 1.82) is 0 Å². The van der Waals surface area contributed by atoms with Gasteiger partial charge in [-0.25, -0.2) is 0 Å². The number of methoxy groups -OCH3 is 1. The lowest BCUT2D eigenvalue weighted by molar-refractivity contribution is 0.0962. The van der Waals surface area contributed by atoms with Crippen molar-refractivity contribution >= 4 is 23.5 Å². The Kier molecular flexibility index (Phi) is 6.33. The van der Waals surface area contributed by atoms with E-state index >= 15 is 0 Å². The summed E-state index contributed by atoms with van der Waals surface area (Å²) in [6, 6.07) is 5.30. The lowest BCUT2D eigenvalue weighted by Gasteiger charge is -2.24. The van der Waals surface area contributed by atoms with E-state index in [1.807, 2.05) is 4.90 Å². The van der Waals surface area contributed by atoms with Crippen molar-refractivity contribution in [3.8, 4) is 5.75 Å². The molecule has 1 saturated heterocycles. The van der Waals surface area contributed by atoms with Gasteiger partial charge in [0.2, 0.25) is 0 Å². The van der Waals surface area contributed by atoms with E-state index in [1.54, 1.807) is 18.2 Å². The molecule has 0 radical (unpaired) electrons. The summed E-state index contributed by atoms with van der Waals surface area (Å²) < 4.78 is 11.3. The van der Waals surface area contributed by atoms with Gasteiger partial charge in [0.05, 0.1) is 19.2 Å². The minimum Gasteiger partial charge on any atom is -0.496 e. The van der Waals surface area contributed by atoms with Crippen LogP contribution in [0.2, 0.25) is 5.02 Å². The van der Waals surface area contributed by atoms with E-state index in [-0.39, 0.29) is 11.5 Å². The first-order valence-corrected chi connectivity index (χ1v) is 9.02. The number of ether oxygens (including phenoxy) is 2. The largest absolute Gasteiger partial charge is 0.496 e. The second-order valence-corrected chi connectivity index (χ2v) is 7.75. The van der Waals surface area contributed by atoms with E-state index in [4.69, 9.17) is 21.1 Å². The molecule has 1 unspecified atom stereocenters. The van der Waals surface area contributed by atoms with Crippen molar-refractivity contribution in [3.63, 3.8) is 0 Å². The Morgan fingerprint density at radius 1 is 1.44 bits per heavy atom. The quantitative estimate of drug-likeness (QED) is 0.775. The number of halogens is 1. The van der Waals surface area contributed by atoms with Crippen LogP contribution >= 0.6 is 11.6 Å². The molecular formula is C19H27ClN2O3. The van der Waals surface area contributed by atoms with Crippen LogP contribution in [0.25, 0.3) is 0 Å². The van der Waals surface area contributed by atoms with Gasteiger partial charge in [-0.15, -0.1) is 0 Å². The Morgan fingerprint density at radius 3 is 2.76 bits per heavy atom. The summed E-state index contributed by atoms with van der Waals surface area (Å²) in [7, 11) is 1.52. The van der Waals surface area contributed by atoms with Crippen LogP contribution in [-0.4, -0.2) is 43.1 Å². The van der Waals surface area contributed by atoms with Crippen molar-refractivity contribution in [3.05, 3.63) is 28.8 Å². The highest BCUT2D eigenvalue weighted by atomic mass is 35.5. The molecule has 1 heterocycles. The molecule has 1 amide bonds. The molecule has 0 aliphatic carbocycles. The van der Waals surface area contributed by atoms with Crippen molar-refractivity contribution in [2.45, 2.75) is 46.6 Å². The monoisotopic (exact) mass is 366 g/mol. The second kappa shape index (κ2) is 8.09. The molecule has 6 heteroatoms. The predicted molar refractivity (Wildman–Crippen MR) is 101 cm³/mol. The summed E-state index contributed by atoms with van der Waals surface area (Å²) in [5.41, 5.74) is 0.305. The molecule has 1 aromatic rings. The first-order valence-electron chi connectivity index (χ1n) is 8.64. The highest BCUT2D eigenvalue weighted by Crippen LogP contribution is 2.29. The van der Waals surface area contributed by atoms with Crippen LogP contribution in [-0.2, 0) is 4.74 Å². The third kappa shape index (κ3) is 4.88. The third-order valence-electron chi connectivity index (χ3n) is 4.24. The Labute approximate surface area is 155 Å². The van der Waals surface area contributed by atoms with Crippen molar-refractivity contribution < 1.29 is 14.3 Å². The molecular weight excluding hydrogens is 340 g/mol. The fraction of sp³-hybridized carbons (Fsp3) is 0.579. The number of rotatable bonds is 5. The summed E-state index contributed by atoms with van der Waals surface area (Å²) in [6.45, 7) is 10.1. The number of unbranched alkanes of at least 4 members (excludes halogenated alkanes) is 1. The predicted octanol–water partition coefficient (Wildman–Crippen LogP) is 4.39. The first kappa shape index (κ1) is 19.6. The van der Waals surface area contributed by atoms with Crippen LogP contribution < -0.4 is 4.74 Å². The van der Waals surface area contributed by atoms with Gasteiger partial charge in [0, 0.05) is 17.0 Å². The zero-order valence-electron chi connectivity index (χ0n) is 15.6. The summed E-state index contributed by atoms with van der Waals surface area (Å²) in [5, 5.41) is 0.465. The number of nitrogens with zero attached hydrogens (tertiary/aromatic N) is 2. The smallest absolute Gasteiger partial charge is 0.296 e. The third-order valence-corrected chi connectivity index (χ3v) is 4.48. The molecule has 0 N–H and O–H groups in total. The number of hydrogen-bond donors (Lipinski definition) is 0. The van der Waals surface area contributed by atoms with E-state index < -0.39 is 5.91 Å². The zero-order chi connectivity index (χ0) is 18.6. The maximum atomic E-state index is 12.7. The number of carbonyl (C=O) groups is 1. The van der Waals surface area contributed by atoms with Gasteiger partial charge < -0.3 is 14.4 Å². The molecule has 138 valence electrons. The fourth-order valence-corrected chi connectivity index (χ4v) is 2.77. The maximum absolute atomic E-state index is 12.7. The zero-order valence-corrected chi connectivity index (χ0v) is 16.4. The molecule has 1 atom stereocenters. The minimum absolute atomic E-state index is 0.00263. The Hall–Kier alpha value is -1.75. The lowest BCUT2D eigenvalue weighted by Crippen LogP contribution is -2.32. The average molecular weight is 367 g/mol. The molecule has 0 bridgehead atoms. The lowest BCUT2D eigenvalue weighted by atomic mass is 9.89. The highest BCUT2D eigenvalue weighted by molar-refractivity contribution is 6.31. The standard InChI is InChI=1S/C19H27ClN2O3/c1-6-7-10-22-12-16(19(2,3)4)25-18(22)21-17(23)14-11-13(20)8-9-15(14)24-5/h8-9,11,16H,6-7,10,12H2,1-5H3/b21-18-. The number of amidine groups is 1. The van der Waals surface area contributed by atoms with Gasteiger partial charge in [-0.1, -0.05) is 45.7 Å². The minimum atomic E-state index is -0.412. The first-order chi connectivity index (χ1) is 11.8. The van der Waals surface area contributed by atoms with Gasteiger partial charge in [0.25, 0.3) is 11.9 Å². The summed E-state index contributed by atoms with van der Waals surface area (Å²) in [6.07, 6.45) is 2.09. The van der Waals surface area contributed by atoms with Crippen LogP contribution in [0, 0.1) is 5.41 Å². The Morgan fingerprint density at radius 2 is 2.16 bits per heavy atom. The van der Waals surface area contributed by atoms with E-state index in [1.165, 1.54) is 7.11 Å². The Bertz CT molecular complexity index is 653. The number of benzene rings is 1. The maximum Gasteiger partial charge on any atom is 0.296 e. The average Bonchev–Trinajstić information content (AvgIpc) is 2.95. The normalized spacial score (nSPS) is 19.2. The van der Waals surface area contributed by atoms with Gasteiger partial charge in [-0.05, 0) is 24.6 Å². The van der Waals surface area contributed by atoms with Crippen LogP contribution in [0.4, 0.5) is 0 Å². The van der Waals surface area contributed by atoms with Crippen LogP contribution in [0.5, 0.6) is 5.75 Å². The molecule has 0 aromatic heterocycles. The summed E-state index contributed by atoms with van der Waals surface area (Å²) in [4.78, 5) is 19.0. The molecule has 25 heavy (non-hydrogen) atoms. The number of aliphatic imine (C=N–C) groups is 1. The van der Waals surface area contributed by atoms with E-state index in [2.05, 4.69) is 32.7 Å². The highest BCUT2D eigenvalue weighted by Gasteiger charge is 2.37. The van der Waals surface area contributed by atoms with Crippen LogP contribution in [0.1, 0.15) is 50.9 Å². The van der Waals surface area contributed by atoms with Crippen molar-refractivity contribution in [1.82, 2.24) is 4.90 Å². The SMILES string of the molecule is CCCCN1CC(C(C)(C)C)O/C1=N\C(=O)c1cc(Cl)ccc1OC. The molecule has 1 aromatic carbocycles. The Balaban J connectivity index is 2.29. The number of amides is 1. The van der Waals surface area contributed by atoms with Gasteiger partial charge in [-0.3, -0.25) is 4.79 Å². The van der Waals surface area contributed by atoms with Crippen molar-refractivity contribution in [2.75, 3.05) is 20.2 Å². The molecule has 0 spiro atoms. The van der Waals surface area contributed by atoms with Gasteiger partial charge >= 0.3 is 0 Å². The molecule has 2 rings (SSSR count).